The summed E-state index contributed by atoms with van der Waals surface area (Å²) in [5, 5.41) is 2.65. The van der Waals surface area contributed by atoms with Gasteiger partial charge in [-0.25, -0.2) is 4.39 Å². The molecule has 98 valence electrons. The van der Waals surface area contributed by atoms with E-state index in [2.05, 4.69) is 5.32 Å². The zero-order valence-electron chi connectivity index (χ0n) is 10.3. The van der Waals surface area contributed by atoms with E-state index >= 15 is 0 Å². The molecule has 18 heavy (non-hydrogen) atoms. The first-order valence-electron chi connectivity index (χ1n) is 5.99. The van der Waals surface area contributed by atoms with Gasteiger partial charge < -0.3 is 15.8 Å². The molecule has 3 N–H and O–H groups in total. The van der Waals surface area contributed by atoms with Gasteiger partial charge in [-0.15, -0.1) is 0 Å². The van der Waals surface area contributed by atoms with Crippen molar-refractivity contribution in [1.82, 2.24) is 5.32 Å². The van der Waals surface area contributed by atoms with E-state index in [-0.39, 0.29) is 17.4 Å². The summed E-state index contributed by atoms with van der Waals surface area (Å²) in [6, 6.07) is 4.24. The summed E-state index contributed by atoms with van der Waals surface area (Å²) in [7, 11) is 1.40. The van der Waals surface area contributed by atoms with Crippen LogP contribution in [0.25, 0.3) is 0 Å². The van der Waals surface area contributed by atoms with Crippen LogP contribution in [0.5, 0.6) is 5.75 Å². The van der Waals surface area contributed by atoms with E-state index in [1.165, 1.54) is 19.2 Å². The van der Waals surface area contributed by atoms with Crippen LogP contribution >= 0.6 is 0 Å². The third-order valence-electron chi connectivity index (χ3n) is 3.15. The van der Waals surface area contributed by atoms with Gasteiger partial charge in [0.2, 0.25) is 0 Å². The van der Waals surface area contributed by atoms with Crippen molar-refractivity contribution in [2.24, 2.45) is 11.7 Å². The van der Waals surface area contributed by atoms with Gasteiger partial charge >= 0.3 is 0 Å². The Kier molecular flexibility index (Phi) is 3.81. The summed E-state index contributed by atoms with van der Waals surface area (Å²) in [4.78, 5) is 11.9. The van der Waals surface area contributed by atoms with Crippen molar-refractivity contribution in [1.29, 1.82) is 0 Å². The molecule has 0 aliphatic heterocycles. The van der Waals surface area contributed by atoms with Crippen LogP contribution in [0.4, 0.5) is 4.39 Å². The molecule has 0 bridgehead atoms. The summed E-state index contributed by atoms with van der Waals surface area (Å²) in [5.41, 5.74) is 5.81. The highest BCUT2D eigenvalue weighted by Crippen LogP contribution is 2.31. The monoisotopic (exact) mass is 252 g/mol. The Hall–Kier alpha value is -1.62. The second-order valence-corrected chi connectivity index (χ2v) is 4.53. The van der Waals surface area contributed by atoms with Gasteiger partial charge in [0.1, 0.15) is 17.1 Å². The second-order valence-electron chi connectivity index (χ2n) is 4.53. The van der Waals surface area contributed by atoms with Crippen molar-refractivity contribution in [3.63, 3.8) is 0 Å². The summed E-state index contributed by atoms with van der Waals surface area (Å²) in [6.45, 7) is 0.362. The molecule has 0 saturated heterocycles. The molecule has 0 heterocycles. The number of benzene rings is 1. The SMILES string of the molecule is COc1cccc(F)c1C(=O)NCC(N)C1CC1. The average Bonchev–Trinajstić information content (AvgIpc) is 3.19. The first kappa shape index (κ1) is 12.8. The Balaban J connectivity index is 2.03. The van der Waals surface area contributed by atoms with E-state index in [1.807, 2.05) is 0 Å². The Bertz CT molecular complexity index is 447. The highest BCUT2D eigenvalue weighted by molar-refractivity contribution is 5.97. The molecule has 1 aromatic rings. The minimum absolute atomic E-state index is 0.0493. The van der Waals surface area contributed by atoms with Crippen LogP contribution in [0.15, 0.2) is 18.2 Å². The van der Waals surface area contributed by atoms with Crippen molar-refractivity contribution >= 4 is 5.91 Å². The number of nitrogens with two attached hydrogens (primary N) is 1. The molecule has 1 aromatic carbocycles. The van der Waals surface area contributed by atoms with Crippen molar-refractivity contribution in [3.05, 3.63) is 29.6 Å². The Morgan fingerprint density at radius 2 is 2.33 bits per heavy atom. The first-order chi connectivity index (χ1) is 8.63. The van der Waals surface area contributed by atoms with Crippen molar-refractivity contribution < 1.29 is 13.9 Å². The maximum atomic E-state index is 13.6. The highest BCUT2D eigenvalue weighted by Gasteiger charge is 2.29. The molecule has 0 spiro atoms. The van der Waals surface area contributed by atoms with Crippen LogP contribution in [-0.4, -0.2) is 25.6 Å². The topological polar surface area (TPSA) is 64.3 Å². The van der Waals surface area contributed by atoms with E-state index in [0.717, 1.165) is 12.8 Å². The number of halogens is 1. The fourth-order valence-electron chi connectivity index (χ4n) is 1.88. The van der Waals surface area contributed by atoms with Crippen LogP contribution in [0.1, 0.15) is 23.2 Å². The zero-order chi connectivity index (χ0) is 13.1. The van der Waals surface area contributed by atoms with Gasteiger partial charge in [0.25, 0.3) is 5.91 Å². The lowest BCUT2D eigenvalue weighted by Crippen LogP contribution is -2.38. The summed E-state index contributed by atoms with van der Waals surface area (Å²) in [6.07, 6.45) is 2.22. The number of ether oxygens (including phenoxy) is 1. The Morgan fingerprint density at radius 3 is 2.94 bits per heavy atom. The predicted octanol–water partition coefficient (Wildman–Crippen LogP) is 1.30. The first-order valence-corrected chi connectivity index (χ1v) is 5.99. The predicted molar refractivity (Wildman–Crippen MR) is 66.0 cm³/mol. The number of carbonyl (C=O) groups excluding carboxylic acids is 1. The molecule has 1 aliphatic carbocycles. The van der Waals surface area contributed by atoms with E-state index in [0.29, 0.717) is 12.5 Å². The molecule has 4 nitrogen and oxygen atoms in total. The lowest BCUT2D eigenvalue weighted by Gasteiger charge is -2.13. The highest BCUT2D eigenvalue weighted by atomic mass is 19.1. The quantitative estimate of drug-likeness (QED) is 0.830. The third-order valence-corrected chi connectivity index (χ3v) is 3.15. The minimum Gasteiger partial charge on any atom is -0.496 e. The number of amides is 1. The number of nitrogens with one attached hydrogen (secondary N) is 1. The largest absolute Gasteiger partial charge is 0.496 e. The molecule has 1 amide bonds. The lowest BCUT2D eigenvalue weighted by molar-refractivity contribution is 0.0943. The van der Waals surface area contributed by atoms with Gasteiger partial charge in [0.15, 0.2) is 0 Å². The molecule has 1 fully saturated rings. The molecular weight excluding hydrogens is 235 g/mol. The minimum atomic E-state index is -0.591. The molecular formula is C13H17FN2O2. The standard InChI is InChI=1S/C13H17FN2O2/c1-18-11-4-2-3-9(14)12(11)13(17)16-7-10(15)8-5-6-8/h2-4,8,10H,5-7,15H2,1H3,(H,16,17). The van der Waals surface area contributed by atoms with Gasteiger partial charge in [0, 0.05) is 12.6 Å². The normalized spacial score (nSPS) is 16.2. The van der Waals surface area contributed by atoms with Crippen LogP contribution in [0.2, 0.25) is 0 Å². The van der Waals surface area contributed by atoms with Crippen LogP contribution < -0.4 is 15.8 Å². The average molecular weight is 252 g/mol. The maximum Gasteiger partial charge on any atom is 0.258 e. The van der Waals surface area contributed by atoms with Gasteiger partial charge in [-0.05, 0) is 30.9 Å². The Labute approximate surface area is 105 Å². The van der Waals surface area contributed by atoms with Crippen LogP contribution in [0.3, 0.4) is 0 Å². The lowest BCUT2D eigenvalue weighted by atomic mass is 10.1. The number of hydrogen-bond donors (Lipinski definition) is 2. The molecule has 5 heteroatoms. The van der Waals surface area contributed by atoms with Crippen molar-refractivity contribution in [3.8, 4) is 5.75 Å². The number of hydrogen-bond acceptors (Lipinski definition) is 3. The van der Waals surface area contributed by atoms with Crippen molar-refractivity contribution in [2.45, 2.75) is 18.9 Å². The fourth-order valence-corrected chi connectivity index (χ4v) is 1.88. The zero-order valence-corrected chi connectivity index (χ0v) is 10.3. The van der Waals surface area contributed by atoms with Gasteiger partial charge in [-0.1, -0.05) is 6.07 Å². The fraction of sp³-hybridized carbons (Fsp3) is 0.462. The smallest absolute Gasteiger partial charge is 0.258 e. The van der Waals surface area contributed by atoms with Gasteiger partial charge in [-0.3, -0.25) is 4.79 Å². The third kappa shape index (κ3) is 2.79. The van der Waals surface area contributed by atoms with Crippen LogP contribution in [0, 0.1) is 11.7 Å². The van der Waals surface area contributed by atoms with E-state index in [4.69, 9.17) is 10.5 Å². The molecule has 1 atom stereocenters. The van der Waals surface area contributed by atoms with E-state index in [1.54, 1.807) is 6.07 Å². The molecule has 2 rings (SSSR count). The molecule has 1 saturated carbocycles. The van der Waals surface area contributed by atoms with E-state index < -0.39 is 11.7 Å². The summed E-state index contributed by atoms with van der Waals surface area (Å²) >= 11 is 0. The molecule has 1 unspecified atom stereocenters. The molecule has 1 aliphatic rings. The summed E-state index contributed by atoms with van der Waals surface area (Å²) < 4.78 is 18.6. The van der Waals surface area contributed by atoms with Crippen molar-refractivity contribution in [2.75, 3.05) is 13.7 Å². The van der Waals surface area contributed by atoms with Gasteiger partial charge in [-0.2, -0.15) is 0 Å². The van der Waals surface area contributed by atoms with Crippen LogP contribution in [-0.2, 0) is 0 Å². The summed E-state index contributed by atoms with van der Waals surface area (Å²) in [5.74, 6) is -0.354. The molecule has 0 radical (unpaired) electrons. The van der Waals surface area contributed by atoms with Gasteiger partial charge in [0.05, 0.1) is 7.11 Å². The number of methoxy groups -OCH3 is 1. The number of carbonyl (C=O) groups is 1. The Morgan fingerprint density at radius 1 is 1.61 bits per heavy atom. The number of rotatable bonds is 5. The molecule has 0 aromatic heterocycles. The second kappa shape index (κ2) is 5.35. The van der Waals surface area contributed by atoms with E-state index in [9.17, 15) is 9.18 Å². The maximum absolute atomic E-state index is 13.6.